The van der Waals surface area contributed by atoms with E-state index >= 15 is 0 Å². The van der Waals surface area contributed by atoms with Crippen LogP contribution in [-0.4, -0.2) is 41.4 Å². The monoisotopic (exact) mass is 342 g/mol. The molecule has 0 aliphatic rings. The molecule has 0 aliphatic carbocycles. The largest absolute Gasteiger partial charge is 0.496 e. The van der Waals surface area contributed by atoms with Gasteiger partial charge in [-0.3, -0.25) is 0 Å². The van der Waals surface area contributed by atoms with Crippen LogP contribution in [-0.2, 0) is 4.74 Å². The highest BCUT2D eigenvalue weighted by Gasteiger charge is 2.19. The molecular formula is C21H30N2O2. The predicted octanol–water partition coefficient (Wildman–Crippen LogP) is 4.34. The van der Waals surface area contributed by atoms with Gasteiger partial charge in [-0.2, -0.15) is 0 Å². The highest BCUT2D eigenvalue weighted by atomic mass is 16.5. The molecule has 0 saturated heterocycles. The molecule has 0 spiro atoms. The highest BCUT2D eigenvalue weighted by Crippen LogP contribution is 2.35. The topological polar surface area (TPSA) is 24.9 Å². The Balaban J connectivity index is 2.39. The van der Waals surface area contributed by atoms with Gasteiger partial charge in [-0.25, -0.2) is 0 Å². The van der Waals surface area contributed by atoms with E-state index in [1.54, 1.807) is 14.2 Å². The van der Waals surface area contributed by atoms with E-state index in [9.17, 15) is 0 Å². The van der Waals surface area contributed by atoms with Crippen LogP contribution in [0.1, 0.15) is 31.1 Å². The van der Waals surface area contributed by atoms with Crippen molar-refractivity contribution in [2.24, 2.45) is 0 Å². The number of nitrogens with zero attached hydrogens (tertiary/aromatic N) is 2. The van der Waals surface area contributed by atoms with Crippen molar-refractivity contribution in [1.29, 1.82) is 0 Å². The lowest BCUT2D eigenvalue weighted by Crippen LogP contribution is -2.22. The molecule has 0 N–H and O–H groups in total. The Morgan fingerprint density at radius 1 is 0.880 bits per heavy atom. The van der Waals surface area contributed by atoms with Gasteiger partial charge >= 0.3 is 0 Å². The maximum Gasteiger partial charge on any atom is 0.127 e. The standard InChI is InChI=1S/C21H30N2O2/c1-7-23(8-2)18-13-14-19(20(15-18)24-5)21(25-6)16-9-11-17(12-10-16)22(3)4/h9-15,21H,7-8H2,1-6H3. The summed E-state index contributed by atoms with van der Waals surface area (Å²) >= 11 is 0. The van der Waals surface area contributed by atoms with Crippen molar-refractivity contribution in [3.05, 3.63) is 53.6 Å². The van der Waals surface area contributed by atoms with E-state index in [2.05, 4.69) is 66.1 Å². The summed E-state index contributed by atoms with van der Waals surface area (Å²) in [6, 6.07) is 14.8. The van der Waals surface area contributed by atoms with Crippen molar-refractivity contribution in [2.75, 3.05) is 51.2 Å². The molecule has 0 heterocycles. The minimum Gasteiger partial charge on any atom is -0.496 e. The Bertz CT molecular complexity index is 664. The molecule has 1 unspecified atom stereocenters. The van der Waals surface area contributed by atoms with E-state index in [0.717, 1.165) is 30.0 Å². The maximum atomic E-state index is 5.81. The number of methoxy groups -OCH3 is 2. The molecule has 0 aliphatic heterocycles. The summed E-state index contributed by atoms with van der Waals surface area (Å²) in [4.78, 5) is 4.39. The second-order valence-electron chi connectivity index (χ2n) is 6.20. The van der Waals surface area contributed by atoms with Gasteiger partial charge in [-0.1, -0.05) is 18.2 Å². The quantitative estimate of drug-likeness (QED) is 0.712. The second-order valence-corrected chi connectivity index (χ2v) is 6.20. The van der Waals surface area contributed by atoms with Crippen LogP contribution in [0.4, 0.5) is 11.4 Å². The fraction of sp³-hybridized carbons (Fsp3) is 0.429. The summed E-state index contributed by atoms with van der Waals surface area (Å²) in [5.41, 5.74) is 4.49. The molecule has 0 fully saturated rings. The van der Waals surface area contributed by atoms with Gasteiger partial charge in [0.15, 0.2) is 0 Å². The maximum absolute atomic E-state index is 5.81. The second kappa shape index (κ2) is 8.77. The smallest absolute Gasteiger partial charge is 0.127 e. The molecule has 2 aromatic rings. The lowest BCUT2D eigenvalue weighted by molar-refractivity contribution is 0.133. The highest BCUT2D eigenvalue weighted by molar-refractivity contribution is 5.56. The fourth-order valence-electron chi connectivity index (χ4n) is 3.09. The van der Waals surface area contributed by atoms with Gasteiger partial charge < -0.3 is 19.3 Å². The molecule has 2 aromatic carbocycles. The van der Waals surface area contributed by atoms with E-state index in [1.165, 1.54) is 11.4 Å². The summed E-state index contributed by atoms with van der Waals surface area (Å²) in [5.74, 6) is 0.855. The lowest BCUT2D eigenvalue weighted by Gasteiger charge is -2.25. The summed E-state index contributed by atoms with van der Waals surface area (Å²) in [6.45, 7) is 6.26. The minimum absolute atomic E-state index is 0.156. The molecule has 25 heavy (non-hydrogen) atoms. The Morgan fingerprint density at radius 2 is 1.48 bits per heavy atom. The first-order chi connectivity index (χ1) is 12.0. The van der Waals surface area contributed by atoms with E-state index in [4.69, 9.17) is 9.47 Å². The lowest BCUT2D eigenvalue weighted by atomic mass is 9.99. The van der Waals surface area contributed by atoms with Crippen LogP contribution in [0, 0.1) is 0 Å². The third-order valence-corrected chi connectivity index (χ3v) is 4.58. The molecule has 4 heteroatoms. The van der Waals surface area contributed by atoms with Crippen molar-refractivity contribution < 1.29 is 9.47 Å². The van der Waals surface area contributed by atoms with Crippen molar-refractivity contribution in [1.82, 2.24) is 0 Å². The third-order valence-electron chi connectivity index (χ3n) is 4.58. The average molecular weight is 342 g/mol. The molecule has 0 bridgehead atoms. The van der Waals surface area contributed by atoms with E-state index < -0.39 is 0 Å². The first-order valence-corrected chi connectivity index (χ1v) is 8.78. The van der Waals surface area contributed by atoms with Gasteiger partial charge in [0.25, 0.3) is 0 Å². The normalized spacial score (nSPS) is 11.9. The average Bonchev–Trinajstić information content (AvgIpc) is 2.64. The number of anilines is 2. The third kappa shape index (κ3) is 4.26. The Kier molecular flexibility index (Phi) is 6.71. The SMILES string of the molecule is CCN(CC)c1ccc(C(OC)c2ccc(N(C)C)cc2)c(OC)c1. The number of hydrogen-bond donors (Lipinski definition) is 0. The van der Waals surface area contributed by atoms with Crippen LogP contribution in [0.2, 0.25) is 0 Å². The Hall–Kier alpha value is -2.20. The number of benzene rings is 2. The van der Waals surface area contributed by atoms with E-state index in [-0.39, 0.29) is 6.10 Å². The Labute approximate surface area is 152 Å². The van der Waals surface area contributed by atoms with Crippen molar-refractivity contribution in [3.63, 3.8) is 0 Å². The molecule has 0 amide bonds. The summed E-state index contributed by atoms with van der Waals surface area (Å²) in [7, 11) is 7.53. The van der Waals surface area contributed by atoms with Crippen LogP contribution < -0.4 is 14.5 Å². The van der Waals surface area contributed by atoms with Gasteiger partial charge in [0.1, 0.15) is 11.9 Å². The fourth-order valence-corrected chi connectivity index (χ4v) is 3.09. The van der Waals surface area contributed by atoms with Gasteiger partial charge in [-0.15, -0.1) is 0 Å². The van der Waals surface area contributed by atoms with Crippen molar-refractivity contribution in [2.45, 2.75) is 20.0 Å². The summed E-state index contributed by atoms with van der Waals surface area (Å²) in [5, 5.41) is 0. The summed E-state index contributed by atoms with van der Waals surface area (Å²) in [6.07, 6.45) is -0.156. The van der Waals surface area contributed by atoms with E-state index in [0.29, 0.717) is 0 Å². The van der Waals surface area contributed by atoms with Gasteiger partial charge in [0.05, 0.1) is 7.11 Å². The zero-order valence-corrected chi connectivity index (χ0v) is 16.2. The van der Waals surface area contributed by atoms with Gasteiger partial charge in [0.2, 0.25) is 0 Å². The molecule has 2 rings (SSSR count). The van der Waals surface area contributed by atoms with Crippen LogP contribution in [0.5, 0.6) is 5.75 Å². The molecule has 4 nitrogen and oxygen atoms in total. The van der Waals surface area contributed by atoms with Crippen LogP contribution in [0.3, 0.4) is 0 Å². The predicted molar refractivity (Wildman–Crippen MR) is 106 cm³/mol. The molecule has 0 radical (unpaired) electrons. The molecule has 1 atom stereocenters. The zero-order chi connectivity index (χ0) is 18.4. The van der Waals surface area contributed by atoms with E-state index in [1.807, 2.05) is 14.1 Å². The first-order valence-electron chi connectivity index (χ1n) is 8.78. The molecule has 0 aromatic heterocycles. The van der Waals surface area contributed by atoms with Gasteiger partial charge in [-0.05, 0) is 37.6 Å². The number of rotatable bonds is 8. The summed E-state index contributed by atoms with van der Waals surface area (Å²) < 4.78 is 11.5. The van der Waals surface area contributed by atoms with Crippen LogP contribution in [0.15, 0.2) is 42.5 Å². The first kappa shape index (κ1) is 19.1. The number of hydrogen-bond acceptors (Lipinski definition) is 4. The minimum atomic E-state index is -0.156. The number of ether oxygens (including phenoxy) is 2. The van der Waals surface area contributed by atoms with Crippen LogP contribution >= 0.6 is 0 Å². The Morgan fingerprint density at radius 3 is 1.96 bits per heavy atom. The zero-order valence-electron chi connectivity index (χ0n) is 16.2. The van der Waals surface area contributed by atoms with Gasteiger partial charge in [0, 0.05) is 57.3 Å². The van der Waals surface area contributed by atoms with Crippen molar-refractivity contribution >= 4 is 11.4 Å². The molecule has 136 valence electrons. The van der Waals surface area contributed by atoms with Crippen molar-refractivity contribution in [3.8, 4) is 5.75 Å². The van der Waals surface area contributed by atoms with Crippen LogP contribution in [0.25, 0.3) is 0 Å². The molecule has 0 saturated carbocycles. The molecular weight excluding hydrogens is 312 g/mol.